The van der Waals surface area contributed by atoms with Crippen molar-refractivity contribution in [1.82, 2.24) is 0 Å². The Kier molecular flexibility index (Phi) is 90.1. The van der Waals surface area contributed by atoms with Gasteiger partial charge in [-0.2, -0.15) is 34.4 Å². The monoisotopic (exact) mass is 248 g/mol. The summed E-state index contributed by atoms with van der Waals surface area (Å²) >= 11 is 14.4. The second-order valence-electron chi connectivity index (χ2n) is 0.247. The van der Waals surface area contributed by atoms with E-state index in [0.29, 0.717) is 0 Å². The minimum Gasteiger partial charge on any atom is -1.00 e. The molecule has 0 saturated heterocycles. The molecule has 0 atom stereocenters. The summed E-state index contributed by atoms with van der Waals surface area (Å²) in [6.45, 7) is 0. The summed E-state index contributed by atoms with van der Waals surface area (Å²) in [6.07, 6.45) is 0. The molecule has 0 radical (unpaired) electrons. The fourth-order valence-corrected chi connectivity index (χ4v) is 0. The molecule has 0 heterocycles. The molecule has 0 saturated carbocycles. The van der Waals surface area contributed by atoms with E-state index in [1.807, 2.05) is 0 Å². The third kappa shape index (κ3) is 82.2. The average Bonchev–Trinajstić information content (AvgIpc) is 0.811. The van der Waals surface area contributed by atoms with Crippen LogP contribution in [0.15, 0.2) is 0 Å². The van der Waals surface area contributed by atoms with Crippen LogP contribution < -0.4 is 37.2 Å². The van der Waals surface area contributed by atoms with Crippen molar-refractivity contribution in [1.29, 1.82) is 0 Å². The number of halogens is 6. The van der Waals surface area contributed by atoms with Crippen molar-refractivity contribution >= 4 is 56.7 Å². The molecule has 0 aliphatic heterocycles. The molecule has 0 spiro atoms. The Labute approximate surface area is 93.2 Å². The van der Waals surface area contributed by atoms with Gasteiger partial charge in [0.2, 0.25) is 0 Å². The van der Waals surface area contributed by atoms with Crippen LogP contribution in [0.2, 0.25) is 0 Å². The molecule has 8 heavy (non-hydrogen) atoms. The van der Waals surface area contributed by atoms with E-state index < -0.39 is 4.96 Å². The van der Waals surface area contributed by atoms with Crippen LogP contribution in [0.4, 0.5) is 0 Å². The van der Waals surface area contributed by atoms with E-state index in [0.717, 1.165) is 0 Å². The normalized spacial score (nSPS) is 3.38. The first-order chi connectivity index (χ1) is 1.73. The van der Waals surface area contributed by atoms with Crippen molar-refractivity contribution in [3.63, 3.8) is 0 Å². The molecule has 0 aromatic rings. The van der Waals surface area contributed by atoms with E-state index in [9.17, 15) is 0 Å². The minimum atomic E-state index is -0.750. The van der Waals surface area contributed by atoms with E-state index in [-0.39, 0.29) is 54.6 Å². The summed E-state index contributed by atoms with van der Waals surface area (Å²) < 4.78 is 0. The van der Waals surface area contributed by atoms with Crippen LogP contribution in [0.25, 0.3) is 0 Å². The molecule has 0 aliphatic rings. The first-order valence-electron chi connectivity index (χ1n) is 0.655. The van der Waals surface area contributed by atoms with Crippen LogP contribution in [-0.4, -0.2) is 22.3 Å². The summed E-state index contributed by atoms with van der Waals surface area (Å²) in [4.78, 5) is -0.750. The molecular weight excluding hydrogens is 251 g/mol. The van der Waals surface area contributed by atoms with E-state index in [1.54, 1.807) is 0 Å². The predicted octanol–water partition coefficient (Wildman–Crippen LogP) is -7.68. The van der Waals surface area contributed by atoms with Crippen LogP contribution in [0.3, 0.4) is 0 Å². The third-order valence-corrected chi connectivity index (χ3v) is 0. The van der Waals surface area contributed by atoms with Crippen molar-refractivity contribution in [2.24, 2.45) is 0 Å². The molecular formula is AlBCl6. The van der Waals surface area contributed by atoms with E-state index in [2.05, 4.69) is 0 Å². The largest absolute Gasteiger partial charge is 3.00 e. The molecule has 0 unspecified atom stereocenters. The Morgan fingerprint density at radius 1 is 0.750 bits per heavy atom. The summed E-state index contributed by atoms with van der Waals surface area (Å²) in [5.74, 6) is 0. The average molecular weight is 251 g/mol. The second kappa shape index (κ2) is 22.8. The first kappa shape index (κ1) is 31.6. The number of rotatable bonds is 0. The van der Waals surface area contributed by atoms with Crippen LogP contribution >= 0.6 is 34.4 Å². The Hall–Kier alpha value is 2.34. The van der Waals surface area contributed by atoms with Gasteiger partial charge in [-0.15, -0.1) is 0 Å². The smallest absolute Gasteiger partial charge is 1.00 e. The van der Waals surface area contributed by atoms with Crippen molar-refractivity contribution in [2.45, 2.75) is 0 Å². The Morgan fingerprint density at radius 2 is 0.750 bits per heavy atom. The van der Waals surface area contributed by atoms with Gasteiger partial charge in [-0.05, 0) is 0 Å². The van der Waals surface area contributed by atoms with Gasteiger partial charge in [-0.1, -0.05) is 0 Å². The SMILES string of the molecule is ClB(Cl)Cl.[Al+3].[Cl-].[Cl-].[Cl-]. The third-order valence-electron chi connectivity index (χ3n) is 0. The van der Waals surface area contributed by atoms with Gasteiger partial charge in [0, 0.05) is 0 Å². The van der Waals surface area contributed by atoms with Gasteiger partial charge in [0.15, 0.2) is 0 Å². The number of hydrogen-bond acceptors (Lipinski definition) is 0. The topological polar surface area (TPSA) is 0 Å². The maximum Gasteiger partial charge on any atom is 3.00 e. The predicted molar refractivity (Wildman–Crippen MR) is 29.1 cm³/mol. The zero-order chi connectivity index (χ0) is 3.58. The minimum absolute atomic E-state index is 0. The maximum atomic E-state index is 4.81. The second-order valence-corrected chi connectivity index (χ2v) is 2.23. The number of hydrogen-bond donors (Lipinski definition) is 0. The van der Waals surface area contributed by atoms with Crippen molar-refractivity contribution in [2.75, 3.05) is 0 Å². The Balaban J connectivity index is -0.00000000750. The summed E-state index contributed by atoms with van der Waals surface area (Å²) in [5.41, 5.74) is 0. The van der Waals surface area contributed by atoms with Gasteiger partial charge in [0.05, 0.1) is 0 Å². The standard InChI is InChI=1S/Al.BCl3.3ClH/c;2-1(3)4;;;/h;;3*1H/q+3;;;;/p-3. The molecule has 0 aromatic carbocycles. The fraction of sp³-hybridized carbons (Fsp3) is 0. The van der Waals surface area contributed by atoms with E-state index in [1.165, 1.54) is 0 Å². The molecule has 0 amide bonds. The fourth-order valence-electron chi connectivity index (χ4n) is 0. The molecule has 0 bridgehead atoms. The maximum absolute atomic E-state index is 4.81. The first-order valence-corrected chi connectivity index (χ1v) is 1.96. The molecule has 0 aromatic heterocycles. The molecule has 0 fully saturated rings. The van der Waals surface area contributed by atoms with E-state index in [4.69, 9.17) is 34.4 Å². The van der Waals surface area contributed by atoms with Crippen LogP contribution in [0.5, 0.6) is 0 Å². The molecule has 8 heteroatoms. The zero-order valence-electron chi connectivity index (χ0n) is 3.42. The van der Waals surface area contributed by atoms with E-state index >= 15 is 0 Å². The van der Waals surface area contributed by atoms with Crippen LogP contribution in [-0.2, 0) is 0 Å². The summed E-state index contributed by atoms with van der Waals surface area (Å²) in [7, 11) is 0. The molecule has 0 aliphatic carbocycles. The van der Waals surface area contributed by atoms with Gasteiger partial charge in [-0.25, -0.2) is 0 Å². The van der Waals surface area contributed by atoms with Crippen molar-refractivity contribution < 1.29 is 37.2 Å². The molecule has 0 N–H and O–H groups in total. The quantitative estimate of drug-likeness (QED) is 0.375. The molecule has 48 valence electrons. The summed E-state index contributed by atoms with van der Waals surface area (Å²) in [6, 6.07) is 0. The van der Waals surface area contributed by atoms with Gasteiger partial charge in [0.25, 0.3) is 0 Å². The van der Waals surface area contributed by atoms with Gasteiger partial charge in [0.1, 0.15) is 0 Å². The Morgan fingerprint density at radius 3 is 0.750 bits per heavy atom. The van der Waals surface area contributed by atoms with Crippen molar-refractivity contribution in [3.8, 4) is 0 Å². The van der Waals surface area contributed by atoms with Gasteiger partial charge < -0.3 is 37.2 Å². The zero-order valence-corrected chi connectivity index (χ0v) is 9.11. The summed E-state index contributed by atoms with van der Waals surface area (Å²) in [5, 5.41) is 0. The molecule has 0 nitrogen and oxygen atoms in total. The Bertz CT molecular complexity index is 13.2. The van der Waals surface area contributed by atoms with Crippen LogP contribution in [0, 0.1) is 0 Å². The van der Waals surface area contributed by atoms with Crippen molar-refractivity contribution in [3.05, 3.63) is 0 Å². The van der Waals surface area contributed by atoms with Gasteiger partial charge in [-0.3, -0.25) is 0 Å². The van der Waals surface area contributed by atoms with Gasteiger partial charge >= 0.3 is 22.3 Å². The molecule has 0 rings (SSSR count). The van der Waals surface area contributed by atoms with Crippen LogP contribution in [0.1, 0.15) is 0 Å².